The van der Waals surface area contributed by atoms with E-state index in [4.69, 9.17) is 4.74 Å². The van der Waals surface area contributed by atoms with Gasteiger partial charge >= 0.3 is 6.09 Å². The molecule has 0 bridgehead atoms. The van der Waals surface area contributed by atoms with Gasteiger partial charge in [-0.1, -0.05) is 18.2 Å². The van der Waals surface area contributed by atoms with E-state index in [-0.39, 0.29) is 18.9 Å². The number of ether oxygens (including phenoxy) is 1. The lowest BCUT2D eigenvalue weighted by Crippen LogP contribution is -2.34. The normalized spacial score (nSPS) is 11.0. The van der Waals surface area contributed by atoms with Gasteiger partial charge in [0, 0.05) is 25.2 Å². The highest BCUT2D eigenvalue weighted by molar-refractivity contribution is 5.90. The zero-order chi connectivity index (χ0) is 17.6. The van der Waals surface area contributed by atoms with Crippen molar-refractivity contribution < 1.29 is 14.3 Å². The number of alkyl carbamates (subject to hydrolysis) is 1. The Kier molecular flexibility index (Phi) is 5.57. The van der Waals surface area contributed by atoms with Crippen LogP contribution in [0.2, 0.25) is 0 Å². The molecular formula is C17H22N4O3. The van der Waals surface area contributed by atoms with Crippen molar-refractivity contribution in [2.75, 3.05) is 11.9 Å². The molecule has 2 rings (SSSR count). The van der Waals surface area contributed by atoms with Crippen LogP contribution in [0.25, 0.3) is 5.69 Å². The molecule has 0 fully saturated rings. The Balaban J connectivity index is 1.77. The second kappa shape index (κ2) is 7.63. The predicted octanol–water partition coefficient (Wildman–Crippen LogP) is 2.73. The first-order valence-corrected chi connectivity index (χ1v) is 7.71. The van der Waals surface area contributed by atoms with E-state index in [0.29, 0.717) is 5.82 Å². The van der Waals surface area contributed by atoms with Crippen LogP contribution in [0.5, 0.6) is 0 Å². The molecule has 7 heteroatoms. The van der Waals surface area contributed by atoms with Gasteiger partial charge in [-0.2, -0.15) is 5.10 Å². The van der Waals surface area contributed by atoms with Gasteiger partial charge in [0.2, 0.25) is 5.91 Å². The number of amides is 2. The van der Waals surface area contributed by atoms with E-state index >= 15 is 0 Å². The summed E-state index contributed by atoms with van der Waals surface area (Å²) in [5, 5.41) is 9.52. The van der Waals surface area contributed by atoms with Crippen molar-refractivity contribution in [2.24, 2.45) is 0 Å². The molecule has 0 aliphatic heterocycles. The number of hydrogen-bond acceptors (Lipinski definition) is 4. The van der Waals surface area contributed by atoms with E-state index in [1.807, 2.05) is 30.3 Å². The molecule has 0 saturated heterocycles. The maximum Gasteiger partial charge on any atom is 0.407 e. The number of benzene rings is 1. The van der Waals surface area contributed by atoms with Gasteiger partial charge in [-0.05, 0) is 32.9 Å². The van der Waals surface area contributed by atoms with Crippen molar-refractivity contribution in [3.8, 4) is 5.69 Å². The molecular weight excluding hydrogens is 308 g/mol. The van der Waals surface area contributed by atoms with Gasteiger partial charge in [0.15, 0.2) is 5.82 Å². The molecule has 24 heavy (non-hydrogen) atoms. The van der Waals surface area contributed by atoms with E-state index in [2.05, 4.69) is 15.7 Å². The third-order valence-electron chi connectivity index (χ3n) is 2.90. The molecule has 7 nitrogen and oxygen atoms in total. The van der Waals surface area contributed by atoms with Crippen molar-refractivity contribution in [1.29, 1.82) is 0 Å². The smallest absolute Gasteiger partial charge is 0.407 e. The van der Waals surface area contributed by atoms with Crippen molar-refractivity contribution in [3.63, 3.8) is 0 Å². The Morgan fingerprint density at radius 2 is 1.88 bits per heavy atom. The number of nitrogens with zero attached hydrogens (tertiary/aromatic N) is 2. The molecule has 0 aliphatic carbocycles. The molecule has 128 valence electrons. The number of anilines is 1. The van der Waals surface area contributed by atoms with E-state index in [1.54, 1.807) is 37.7 Å². The second-order valence-corrected chi connectivity index (χ2v) is 6.21. The van der Waals surface area contributed by atoms with Crippen LogP contribution in [0, 0.1) is 0 Å². The van der Waals surface area contributed by atoms with Crippen LogP contribution < -0.4 is 10.6 Å². The van der Waals surface area contributed by atoms with Crippen LogP contribution in [0.1, 0.15) is 27.2 Å². The fourth-order valence-corrected chi connectivity index (χ4v) is 1.91. The Morgan fingerprint density at radius 1 is 1.17 bits per heavy atom. The predicted molar refractivity (Wildman–Crippen MR) is 91.0 cm³/mol. The lowest BCUT2D eigenvalue weighted by atomic mass is 10.2. The molecule has 2 aromatic rings. The Morgan fingerprint density at radius 3 is 2.54 bits per heavy atom. The van der Waals surface area contributed by atoms with Gasteiger partial charge in [-0.15, -0.1) is 0 Å². The SMILES string of the molecule is CC(C)(C)OC(=O)NCCC(=O)Nc1ccn(-c2ccccc2)n1. The average molecular weight is 330 g/mol. The number of carbonyl (C=O) groups is 2. The van der Waals surface area contributed by atoms with Crippen LogP contribution in [0.4, 0.5) is 10.6 Å². The molecule has 1 heterocycles. The zero-order valence-electron chi connectivity index (χ0n) is 14.1. The van der Waals surface area contributed by atoms with E-state index in [0.717, 1.165) is 5.69 Å². The molecule has 2 N–H and O–H groups in total. The summed E-state index contributed by atoms with van der Waals surface area (Å²) in [6.45, 7) is 5.53. The maximum atomic E-state index is 11.9. The minimum atomic E-state index is -0.559. The van der Waals surface area contributed by atoms with Crippen molar-refractivity contribution in [1.82, 2.24) is 15.1 Å². The number of rotatable bonds is 5. The minimum absolute atomic E-state index is 0.136. The van der Waals surface area contributed by atoms with Crippen LogP contribution in [-0.4, -0.2) is 33.9 Å². The quantitative estimate of drug-likeness (QED) is 0.883. The fraction of sp³-hybridized carbons (Fsp3) is 0.353. The maximum absolute atomic E-state index is 11.9. The third-order valence-corrected chi connectivity index (χ3v) is 2.90. The van der Waals surface area contributed by atoms with Crippen LogP contribution in [0.3, 0.4) is 0 Å². The number of para-hydroxylation sites is 1. The molecule has 0 unspecified atom stereocenters. The van der Waals surface area contributed by atoms with Crippen molar-refractivity contribution >= 4 is 17.8 Å². The first kappa shape index (κ1) is 17.5. The molecule has 0 radical (unpaired) electrons. The highest BCUT2D eigenvalue weighted by Crippen LogP contribution is 2.10. The topological polar surface area (TPSA) is 85.2 Å². The van der Waals surface area contributed by atoms with E-state index in [9.17, 15) is 9.59 Å². The fourth-order valence-electron chi connectivity index (χ4n) is 1.91. The summed E-state index contributed by atoms with van der Waals surface area (Å²) in [6, 6.07) is 11.3. The number of aromatic nitrogens is 2. The van der Waals surface area contributed by atoms with Gasteiger partial charge in [0.25, 0.3) is 0 Å². The first-order valence-electron chi connectivity index (χ1n) is 7.71. The Hall–Kier alpha value is -2.83. The molecule has 0 atom stereocenters. The molecule has 0 aliphatic rings. The molecule has 0 spiro atoms. The summed E-state index contributed by atoms with van der Waals surface area (Å²) in [6.07, 6.45) is 1.37. The van der Waals surface area contributed by atoms with Gasteiger partial charge in [-0.3, -0.25) is 4.79 Å². The second-order valence-electron chi connectivity index (χ2n) is 6.21. The summed E-state index contributed by atoms with van der Waals surface area (Å²) >= 11 is 0. The van der Waals surface area contributed by atoms with E-state index in [1.165, 1.54) is 0 Å². The Bertz CT molecular complexity index is 689. The number of carbonyl (C=O) groups excluding carboxylic acids is 2. The highest BCUT2D eigenvalue weighted by atomic mass is 16.6. The van der Waals surface area contributed by atoms with Crippen molar-refractivity contribution in [2.45, 2.75) is 32.8 Å². The number of nitrogens with one attached hydrogen (secondary N) is 2. The van der Waals surface area contributed by atoms with Crippen LogP contribution in [-0.2, 0) is 9.53 Å². The van der Waals surface area contributed by atoms with Gasteiger partial charge in [0.1, 0.15) is 5.60 Å². The lowest BCUT2D eigenvalue weighted by molar-refractivity contribution is -0.116. The van der Waals surface area contributed by atoms with Crippen molar-refractivity contribution in [3.05, 3.63) is 42.6 Å². The minimum Gasteiger partial charge on any atom is -0.444 e. The monoisotopic (exact) mass is 330 g/mol. The summed E-state index contributed by atoms with van der Waals surface area (Å²) in [4.78, 5) is 23.4. The van der Waals surface area contributed by atoms with Crippen LogP contribution >= 0.6 is 0 Å². The Labute approximate surface area is 141 Å². The summed E-state index contributed by atoms with van der Waals surface area (Å²) in [7, 11) is 0. The summed E-state index contributed by atoms with van der Waals surface area (Å²) in [5.74, 6) is 0.227. The summed E-state index contributed by atoms with van der Waals surface area (Å²) in [5.41, 5.74) is 0.348. The number of hydrogen-bond donors (Lipinski definition) is 2. The average Bonchev–Trinajstić information content (AvgIpc) is 2.94. The highest BCUT2D eigenvalue weighted by Gasteiger charge is 2.16. The largest absolute Gasteiger partial charge is 0.444 e. The van der Waals surface area contributed by atoms with Gasteiger partial charge in [-0.25, -0.2) is 9.48 Å². The van der Waals surface area contributed by atoms with Crippen LogP contribution in [0.15, 0.2) is 42.6 Å². The molecule has 0 saturated carbocycles. The molecule has 2 amide bonds. The van der Waals surface area contributed by atoms with Gasteiger partial charge < -0.3 is 15.4 Å². The third kappa shape index (κ3) is 5.75. The standard InChI is InChI=1S/C17H22N4O3/c1-17(2,3)24-16(23)18-11-9-15(22)19-14-10-12-21(20-14)13-7-5-4-6-8-13/h4-8,10,12H,9,11H2,1-3H3,(H,18,23)(H,19,20,22). The molecule has 1 aromatic carbocycles. The molecule has 1 aromatic heterocycles. The first-order chi connectivity index (χ1) is 11.3. The lowest BCUT2D eigenvalue weighted by Gasteiger charge is -2.19. The van der Waals surface area contributed by atoms with Gasteiger partial charge in [0.05, 0.1) is 5.69 Å². The summed E-state index contributed by atoms with van der Waals surface area (Å²) < 4.78 is 6.77. The van der Waals surface area contributed by atoms with E-state index < -0.39 is 11.7 Å². The zero-order valence-corrected chi connectivity index (χ0v) is 14.1.